The first kappa shape index (κ1) is 17.0. The van der Waals surface area contributed by atoms with Crippen LogP contribution in [0.25, 0.3) is 0 Å². The Kier molecular flexibility index (Phi) is 5.18. The van der Waals surface area contributed by atoms with Crippen LogP contribution in [-0.4, -0.2) is 42.4 Å². The summed E-state index contributed by atoms with van der Waals surface area (Å²) in [4.78, 5) is 27.4. The molecule has 1 aromatic carbocycles. The van der Waals surface area contributed by atoms with E-state index in [0.29, 0.717) is 27.7 Å². The molecule has 0 bridgehead atoms. The number of anilines is 1. The van der Waals surface area contributed by atoms with Crippen LogP contribution in [0.15, 0.2) is 35.7 Å². The zero-order valence-corrected chi connectivity index (χ0v) is 14.8. The second-order valence-corrected chi connectivity index (χ2v) is 7.03. The predicted octanol–water partition coefficient (Wildman–Crippen LogP) is 3.09. The average Bonchev–Trinajstić information content (AvgIpc) is 3.11. The zero-order valence-electron chi connectivity index (χ0n) is 13.2. The van der Waals surface area contributed by atoms with Gasteiger partial charge in [-0.1, -0.05) is 17.7 Å². The van der Waals surface area contributed by atoms with Crippen molar-refractivity contribution >= 4 is 40.4 Å². The fourth-order valence-electron chi connectivity index (χ4n) is 2.65. The van der Waals surface area contributed by atoms with E-state index >= 15 is 0 Å². The zero-order chi connectivity index (χ0) is 17.1. The standard InChI is InChI=1S/C17H18ClN3O2S/c1-11-10-19-6-7-21(11)17(23)12-4-5-13(18)14(9-12)20-16(22)15-3-2-8-24-15/h2-5,8-9,11,19H,6-7,10H2,1H3,(H,20,22). The SMILES string of the molecule is CC1CNCCN1C(=O)c1ccc(Cl)c(NC(=O)c2cccs2)c1. The van der Waals surface area contributed by atoms with Gasteiger partial charge in [0.05, 0.1) is 15.6 Å². The Balaban J connectivity index is 1.80. The highest BCUT2D eigenvalue weighted by Gasteiger charge is 2.24. The normalized spacial score (nSPS) is 17.6. The molecule has 0 aliphatic carbocycles. The minimum atomic E-state index is -0.230. The fraction of sp³-hybridized carbons (Fsp3) is 0.294. The molecule has 1 aliphatic heterocycles. The van der Waals surface area contributed by atoms with Gasteiger partial charge >= 0.3 is 0 Å². The van der Waals surface area contributed by atoms with Crippen molar-refractivity contribution in [3.63, 3.8) is 0 Å². The van der Waals surface area contributed by atoms with Crippen LogP contribution in [0.5, 0.6) is 0 Å². The molecule has 1 unspecified atom stereocenters. The molecule has 0 saturated carbocycles. The van der Waals surface area contributed by atoms with Crippen LogP contribution in [0, 0.1) is 0 Å². The highest BCUT2D eigenvalue weighted by molar-refractivity contribution is 7.12. The lowest BCUT2D eigenvalue weighted by Crippen LogP contribution is -2.52. The number of hydrogen-bond donors (Lipinski definition) is 2. The van der Waals surface area contributed by atoms with Crippen LogP contribution in [0.1, 0.15) is 27.0 Å². The van der Waals surface area contributed by atoms with Gasteiger partial charge in [-0.25, -0.2) is 0 Å². The first-order valence-corrected chi connectivity index (χ1v) is 8.98. The van der Waals surface area contributed by atoms with Gasteiger partial charge in [0.1, 0.15) is 0 Å². The third-order valence-electron chi connectivity index (χ3n) is 3.97. The van der Waals surface area contributed by atoms with Crippen molar-refractivity contribution in [3.05, 3.63) is 51.2 Å². The number of piperazine rings is 1. The van der Waals surface area contributed by atoms with Crippen molar-refractivity contribution in [3.8, 4) is 0 Å². The molecule has 2 heterocycles. The maximum atomic E-state index is 12.7. The molecule has 7 heteroatoms. The van der Waals surface area contributed by atoms with Gasteiger partial charge in [0.25, 0.3) is 11.8 Å². The summed E-state index contributed by atoms with van der Waals surface area (Å²) in [6.45, 7) is 4.24. The average molecular weight is 364 g/mol. The predicted molar refractivity (Wildman–Crippen MR) is 97.1 cm³/mol. The van der Waals surface area contributed by atoms with Gasteiger partial charge in [0, 0.05) is 31.2 Å². The smallest absolute Gasteiger partial charge is 0.265 e. The van der Waals surface area contributed by atoms with Crippen molar-refractivity contribution < 1.29 is 9.59 Å². The van der Waals surface area contributed by atoms with Gasteiger partial charge in [-0.3, -0.25) is 9.59 Å². The first-order chi connectivity index (χ1) is 11.6. The Bertz CT molecular complexity index is 748. The van der Waals surface area contributed by atoms with E-state index in [-0.39, 0.29) is 17.9 Å². The van der Waals surface area contributed by atoms with E-state index in [4.69, 9.17) is 11.6 Å². The summed E-state index contributed by atoms with van der Waals surface area (Å²) in [6, 6.07) is 8.67. The number of benzene rings is 1. The molecule has 126 valence electrons. The molecule has 1 saturated heterocycles. The van der Waals surface area contributed by atoms with Crippen LogP contribution in [0.3, 0.4) is 0 Å². The van der Waals surface area contributed by atoms with Crippen molar-refractivity contribution in [2.24, 2.45) is 0 Å². The van der Waals surface area contributed by atoms with Crippen LogP contribution in [0.2, 0.25) is 5.02 Å². The van der Waals surface area contributed by atoms with Crippen LogP contribution < -0.4 is 10.6 Å². The molecule has 5 nitrogen and oxygen atoms in total. The summed E-state index contributed by atoms with van der Waals surface area (Å²) in [7, 11) is 0. The number of carbonyl (C=O) groups is 2. The summed E-state index contributed by atoms with van der Waals surface area (Å²) in [6.07, 6.45) is 0. The Morgan fingerprint density at radius 1 is 1.38 bits per heavy atom. The number of halogens is 1. The molecular formula is C17H18ClN3O2S. The van der Waals surface area contributed by atoms with Crippen molar-refractivity contribution in [2.45, 2.75) is 13.0 Å². The molecule has 1 atom stereocenters. The van der Waals surface area contributed by atoms with E-state index in [0.717, 1.165) is 13.1 Å². The summed E-state index contributed by atoms with van der Waals surface area (Å²) in [5.74, 6) is -0.278. The van der Waals surface area contributed by atoms with E-state index in [2.05, 4.69) is 10.6 Å². The van der Waals surface area contributed by atoms with Gasteiger partial charge in [-0.2, -0.15) is 0 Å². The van der Waals surface area contributed by atoms with E-state index in [1.165, 1.54) is 11.3 Å². The molecule has 0 radical (unpaired) electrons. The van der Waals surface area contributed by atoms with E-state index in [1.807, 2.05) is 23.3 Å². The van der Waals surface area contributed by atoms with Crippen molar-refractivity contribution in [1.82, 2.24) is 10.2 Å². The Morgan fingerprint density at radius 2 is 2.21 bits per heavy atom. The second kappa shape index (κ2) is 7.34. The molecule has 1 aliphatic rings. The third-order valence-corrected chi connectivity index (χ3v) is 5.17. The summed E-state index contributed by atoms with van der Waals surface area (Å²) < 4.78 is 0. The van der Waals surface area contributed by atoms with Crippen molar-refractivity contribution in [1.29, 1.82) is 0 Å². The lowest BCUT2D eigenvalue weighted by atomic mass is 10.1. The maximum absolute atomic E-state index is 12.7. The molecule has 0 spiro atoms. The summed E-state index contributed by atoms with van der Waals surface area (Å²) in [5.41, 5.74) is 0.971. The number of thiophene rings is 1. The number of carbonyl (C=O) groups excluding carboxylic acids is 2. The second-order valence-electron chi connectivity index (χ2n) is 5.68. The van der Waals surface area contributed by atoms with Crippen molar-refractivity contribution in [2.75, 3.05) is 25.0 Å². The van der Waals surface area contributed by atoms with Gasteiger partial charge in [-0.15, -0.1) is 11.3 Å². The van der Waals surface area contributed by atoms with Gasteiger partial charge < -0.3 is 15.5 Å². The molecule has 1 fully saturated rings. The summed E-state index contributed by atoms with van der Waals surface area (Å²) in [5, 5.41) is 8.28. The number of amides is 2. The minimum absolute atomic E-state index is 0.0488. The summed E-state index contributed by atoms with van der Waals surface area (Å²) >= 11 is 7.53. The fourth-order valence-corrected chi connectivity index (χ4v) is 3.44. The van der Waals surface area contributed by atoms with Crippen LogP contribution in [0.4, 0.5) is 5.69 Å². The third kappa shape index (κ3) is 3.61. The Labute approximate surface area is 149 Å². The lowest BCUT2D eigenvalue weighted by Gasteiger charge is -2.34. The van der Waals surface area contributed by atoms with E-state index in [1.54, 1.807) is 24.3 Å². The van der Waals surface area contributed by atoms with Crippen LogP contribution in [-0.2, 0) is 0 Å². The monoisotopic (exact) mass is 363 g/mol. The van der Waals surface area contributed by atoms with Gasteiger partial charge in [0.2, 0.25) is 0 Å². The molecule has 3 rings (SSSR count). The molecule has 2 amide bonds. The maximum Gasteiger partial charge on any atom is 0.265 e. The molecule has 2 aromatic rings. The number of nitrogens with zero attached hydrogens (tertiary/aromatic N) is 1. The van der Waals surface area contributed by atoms with E-state index < -0.39 is 0 Å². The minimum Gasteiger partial charge on any atom is -0.333 e. The highest BCUT2D eigenvalue weighted by atomic mass is 35.5. The van der Waals surface area contributed by atoms with Gasteiger partial charge in [0.15, 0.2) is 0 Å². The van der Waals surface area contributed by atoms with Crippen LogP contribution >= 0.6 is 22.9 Å². The quantitative estimate of drug-likeness (QED) is 0.880. The Hall–Kier alpha value is -1.89. The molecular weight excluding hydrogens is 346 g/mol. The molecule has 2 N–H and O–H groups in total. The highest BCUT2D eigenvalue weighted by Crippen LogP contribution is 2.25. The lowest BCUT2D eigenvalue weighted by molar-refractivity contribution is 0.0655. The largest absolute Gasteiger partial charge is 0.333 e. The molecule has 24 heavy (non-hydrogen) atoms. The molecule has 1 aromatic heterocycles. The number of rotatable bonds is 3. The number of hydrogen-bond acceptors (Lipinski definition) is 4. The van der Waals surface area contributed by atoms with E-state index in [9.17, 15) is 9.59 Å². The van der Waals surface area contributed by atoms with Gasteiger partial charge in [-0.05, 0) is 36.6 Å². The number of nitrogens with one attached hydrogen (secondary N) is 2. The Morgan fingerprint density at radius 3 is 2.92 bits per heavy atom. The first-order valence-electron chi connectivity index (χ1n) is 7.72. The topological polar surface area (TPSA) is 61.4 Å².